The fraction of sp³-hybridized carbons (Fsp3) is 0.750. The van der Waals surface area contributed by atoms with Crippen LogP contribution in [0.1, 0.15) is 31.1 Å². The summed E-state index contributed by atoms with van der Waals surface area (Å²) in [5.74, 6) is 0.934. The summed E-state index contributed by atoms with van der Waals surface area (Å²) in [6, 6.07) is 0. The Labute approximate surface area is 102 Å². The number of nitrogens with zero attached hydrogens (tertiary/aromatic N) is 2. The van der Waals surface area contributed by atoms with Gasteiger partial charge in [-0.1, -0.05) is 6.92 Å². The Balaban J connectivity index is 1.98. The van der Waals surface area contributed by atoms with Gasteiger partial charge in [-0.05, 0) is 32.2 Å². The van der Waals surface area contributed by atoms with Crippen molar-refractivity contribution < 1.29 is 0 Å². The van der Waals surface area contributed by atoms with Crippen LogP contribution >= 0.6 is 11.3 Å². The molecule has 0 atom stereocenters. The first-order valence-corrected chi connectivity index (χ1v) is 6.99. The van der Waals surface area contributed by atoms with E-state index in [-0.39, 0.29) is 0 Å². The number of hydrogen-bond donors (Lipinski definition) is 1. The molecule has 1 fully saturated rings. The second-order valence-corrected chi connectivity index (χ2v) is 5.62. The highest BCUT2D eigenvalue weighted by atomic mass is 32.1. The Morgan fingerprint density at radius 3 is 3.00 bits per heavy atom. The zero-order chi connectivity index (χ0) is 11.4. The Hall–Kier alpha value is -0.610. The molecule has 0 aliphatic heterocycles. The predicted octanol–water partition coefficient (Wildman–Crippen LogP) is 2.49. The van der Waals surface area contributed by atoms with Gasteiger partial charge in [0.2, 0.25) is 0 Å². The van der Waals surface area contributed by atoms with Crippen LogP contribution in [-0.4, -0.2) is 25.1 Å². The van der Waals surface area contributed by atoms with E-state index in [0.717, 1.165) is 19.0 Å². The lowest BCUT2D eigenvalue weighted by molar-refractivity contribution is 0.706. The van der Waals surface area contributed by atoms with Crippen LogP contribution in [0.25, 0.3) is 0 Å². The maximum atomic E-state index is 4.54. The molecule has 1 N–H and O–H groups in total. The average Bonchev–Trinajstić information content (AvgIpc) is 2.96. The molecule has 1 aliphatic rings. The van der Waals surface area contributed by atoms with E-state index in [1.807, 2.05) is 24.6 Å². The monoisotopic (exact) mass is 239 g/mol. The highest BCUT2D eigenvalue weighted by Gasteiger charge is 2.25. The molecule has 4 heteroatoms. The van der Waals surface area contributed by atoms with E-state index >= 15 is 0 Å². The van der Waals surface area contributed by atoms with Crippen LogP contribution in [0.4, 0.5) is 5.13 Å². The zero-order valence-electron chi connectivity index (χ0n) is 10.2. The highest BCUT2D eigenvalue weighted by molar-refractivity contribution is 7.15. The molecule has 0 unspecified atom stereocenters. The number of hydrogen-bond acceptors (Lipinski definition) is 4. The number of aromatic nitrogens is 1. The molecule has 1 heterocycles. The Morgan fingerprint density at radius 1 is 1.56 bits per heavy atom. The summed E-state index contributed by atoms with van der Waals surface area (Å²) in [6.07, 6.45) is 6.03. The fourth-order valence-electron chi connectivity index (χ4n) is 1.85. The lowest BCUT2D eigenvalue weighted by atomic mass is 10.3. The van der Waals surface area contributed by atoms with Gasteiger partial charge < -0.3 is 10.2 Å². The third-order valence-electron chi connectivity index (χ3n) is 2.83. The largest absolute Gasteiger partial charge is 0.348 e. The van der Waals surface area contributed by atoms with Gasteiger partial charge in [0.1, 0.15) is 0 Å². The maximum absolute atomic E-state index is 4.54. The summed E-state index contributed by atoms with van der Waals surface area (Å²) in [5.41, 5.74) is 0. The lowest BCUT2D eigenvalue weighted by Crippen LogP contribution is -2.26. The molecule has 0 aromatic carbocycles. The summed E-state index contributed by atoms with van der Waals surface area (Å²) in [6.45, 7) is 5.52. The Bertz CT molecular complexity index is 320. The number of anilines is 1. The van der Waals surface area contributed by atoms with Gasteiger partial charge in [-0.3, -0.25) is 0 Å². The van der Waals surface area contributed by atoms with Crippen molar-refractivity contribution in [1.82, 2.24) is 10.3 Å². The third-order valence-corrected chi connectivity index (χ3v) is 3.89. The molecular weight excluding hydrogens is 218 g/mol. The molecule has 0 radical (unpaired) electrons. The van der Waals surface area contributed by atoms with E-state index < -0.39 is 0 Å². The molecule has 1 aromatic heterocycles. The van der Waals surface area contributed by atoms with E-state index in [0.29, 0.717) is 0 Å². The molecule has 1 saturated carbocycles. The van der Waals surface area contributed by atoms with Crippen molar-refractivity contribution in [3.05, 3.63) is 11.1 Å². The number of thiazole rings is 1. The molecular formula is C12H21N3S. The molecule has 2 rings (SSSR count). The quantitative estimate of drug-likeness (QED) is 0.792. The number of rotatable bonds is 7. The van der Waals surface area contributed by atoms with Crippen LogP contribution in [0.5, 0.6) is 0 Å². The summed E-state index contributed by atoms with van der Waals surface area (Å²) < 4.78 is 0. The topological polar surface area (TPSA) is 28.2 Å². The van der Waals surface area contributed by atoms with Crippen LogP contribution < -0.4 is 10.2 Å². The van der Waals surface area contributed by atoms with E-state index in [1.54, 1.807) is 0 Å². The van der Waals surface area contributed by atoms with Crippen molar-refractivity contribution in [2.24, 2.45) is 5.92 Å². The summed E-state index contributed by atoms with van der Waals surface area (Å²) in [7, 11) is 1.98. The summed E-state index contributed by atoms with van der Waals surface area (Å²) in [4.78, 5) is 8.33. The second-order valence-electron chi connectivity index (χ2n) is 4.53. The van der Waals surface area contributed by atoms with Crippen molar-refractivity contribution in [3.63, 3.8) is 0 Å². The van der Waals surface area contributed by atoms with Gasteiger partial charge in [0.25, 0.3) is 0 Å². The minimum absolute atomic E-state index is 0.932. The van der Waals surface area contributed by atoms with E-state index in [2.05, 4.69) is 22.1 Å². The van der Waals surface area contributed by atoms with E-state index in [1.165, 1.54) is 35.8 Å². The predicted molar refractivity (Wildman–Crippen MR) is 70.1 cm³/mol. The van der Waals surface area contributed by atoms with Gasteiger partial charge >= 0.3 is 0 Å². The molecule has 3 nitrogen and oxygen atoms in total. The average molecular weight is 239 g/mol. The van der Waals surface area contributed by atoms with Crippen LogP contribution in [0.2, 0.25) is 0 Å². The highest BCUT2D eigenvalue weighted by Crippen LogP contribution is 2.32. The van der Waals surface area contributed by atoms with E-state index in [4.69, 9.17) is 0 Å². The third kappa shape index (κ3) is 3.19. The molecule has 16 heavy (non-hydrogen) atoms. The second kappa shape index (κ2) is 5.64. The van der Waals surface area contributed by atoms with Crippen molar-refractivity contribution >= 4 is 16.5 Å². The smallest absolute Gasteiger partial charge is 0.185 e. The SMILES string of the molecule is CCCN(CC1CC1)c1ncc(CNC)s1. The molecule has 0 spiro atoms. The van der Waals surface area contributed by atoms with Gasteiger partial charge in [0.05, 0.1) is 0 Å². The minimum atomic E-state index is 0.932. The first-order valence-electron chi connectivity index (χ1n) is 6.17. The first kappa shape index (κ1) is 11.9. The molecule has 0 saturated heterocycles. The van der Waals surface area contributed by atoms with Crippen LogP contribution in [-0.2, 0) is 6.54 Å². The van der Waals surface area contributed by atoms with Gasteiger partial charge in [-0.2, -0.15) is 0 Å². The van der Waals surface area contributed by atoms with Gasteiger partial charge in [0.15, 0.2) is 5.13 Å². The van der Waals surface area contributed by atoms with Crippen molar-refractivity contribution in [3.8, 4) is 0 Å². The molecule has 0 amide bonds. The maximum Gasteiger partial charge on any atom is 0.185 e. The molecule has 1 aliphatic carbocycles. The van der Waals surface area contributed by atoms with Crippen LogP contribution in [0, 0.1) is 5.92 Å². The Morgan fingerprint density at radius 2 is 2.38 bits per heavy atom. The molecule has 0 bridgehead atoms. The van der Waals surface area contributed by atoms with Crippen LogP contribution in [0.3, 0.4) is 0 Å². The first-order chi connectivity index (χ1) is 7.83. The van der Waals surface area contributed by atoms with Crippen molar-refractivity contribution in [2.75, 3.05) is 25.0 Å². The van der Waals surface area contributed by atoms with E-state index in [9.17, 15) is 0 Å². The summed E-state index contributed by atoms with van der Waals surface area (Å²) in [5, 5.41) is 4.38. The van der Waals surface area contributed by atoms with Crippen molar-refractivity contribution in [1.29, 1.82) is 0 Å². The Kier molecular flexibility index (Phi) is 4.18. The zero-order valence-corrected chi connectivity index (χ0v) is 11.0. The molecule has 1 aromatic rings. The molecule has 90 valence electrons. The lowest BCUT2D eigenvalue weighted by Gasteiger charge is -2.20. The van der Waals surface area contributed by atoms with Gasteiger partial charge in [0, 0.05) is 30.7 Å². The van der Waals surface area contributed by atoms with Gasteiger partial charge in [-0.15, -0.1) is 11.3 Å². The normalized spacial score (nSPS) is 15.4. The standard InChI is InChI=1S/C12H21N3S/c1-3-6-15(9-10-4-5-10)12-14-8-11(16-12)7-13-2/h8,10,13H,3-7,9H2,1-2H3. The van der Waals surface area contributed by atoms with Crippen molar-refractivity contribution in [2.45, 2.75) is 32.7 Å². The minimum Gasteiger partial charge on any atom is -0.348 e. The number of nitrogens with one attached hydrogen (secondary N) is 1. The fourth-order valence-corrected chi connectivity index (χ4v) is 2.80. The summed E-state index contributed by atoms with van der Waals surface area (Å²) >= 11 is 1.83. The van der Waals surface area contributed by atoms with Gasteiger partial charge in [-0.25, -0.2) is 4.98 Å². The van der Waals surface area contributed by atoms with Crippen LogP contribution in [0.15, 0.2) is 6.20 Å².